The molecule has 7 heteroatoms. The van der Waals surface area contributed by atoms with E-state index in [0.29, 0.717) is 35.3 Å². The summed E-state index contributed by atoms with van der Waals surface area (Å²) in [5.41, 5.74) is 0.845. The number of aryl methyl sites for hydroxylation is 2. The van der Waals surface area contributed by atoms with Crippen LogP contribution in [0.5, 0.6) is 0 Å². The van der Waals surface area contributed by atoms with Gasteiger partial charge in [-0.05, 0) is 57.5 Å². The summed E-state index contributed by atoms with van der Waals surface area (Å²) in [6, 6.07) is 0.0789. The summed E-state index contributed by atoms with van der Waals surface area (Å²) in [5, 5.41) is 16.2. The molecular weight excluding hydrogens is 332 g/mol. The van der Waals surface area contributed by atoms with Crippen molar-refractivity contribution in [3.63, 3.8) is 0 Å². The molecule has 1 unspecified atom stereocenters. The summed E-state index contributed by atoms with van der Waals surface area (Å²) in [6.45, 7) is 5.64. The number of rotatable bonds is 6. The molecule has 2 fully saturated rings. The maximum atomic E-state index is 12.7. The van der Waals surface area contributed by atoms with Gasteiger partial charge in [0.1, 0.15) is 5.82 Å². The number of hydrogen-bond donors (Lipinski definition) is 4. The van der Waals surface area contributed by atoms with Crippen molar-refractivity contribution in [1.29, 1.82) is 0 Å². The number of carbonyl (C=O) groups excluding carboxylic acids is 1. The molecule has 1 amide bonds. The fraction of sp³-hybridized carbons (Fsp3) is 0.737. The fourth-order valence-electron chi connectivity index (χ4n) is 4.19. The topological polar surface area (TPSA) is 107 Å². The molecule has 0 spiro atoms. The van der Waals surface area contributed by atoms with Crippen LogP contribution in [0.3, 0.4) is 0 Å². The molecule has 2 heterocycles. The number of hydrogen-bond acceptors (Lipinski definition) is 5. The molecule has 1 saturated carbocycles. The number of aromatic nitrogens is 2. The van der Waals surface area contributed by atoms with Crippen molar-refractivity contribution < 1.29 is 9.90 Å². The van der Waals surface area contributed by atoms with Crippen LogP contribution >= 0.6 is 0 Å². The highest BCUT2D eigenvalue weighted by atomic mass is 16.3. The minimum atomic E-state index is -0.239. The number of H-pyrrole nitrogens is 1. The monoisotopic (exact) mass is 362 g/mol. The lowest BCUT2D eigenvalue weighted by atomic mass is 9.71. The number of carbonyl (C=O) groups is 1. The van der Waals surface area contributed by atoms with Gasteiger partial charge in [-0.2, -0.15) is 0 Å². The Bertz CT molecular complexity index is 691. The molecule has 0 aromatic carbocycles. The van der Waals surface area contributed by atoms with Gasteiger partial charge in [0.25, 0.3) is 5.56 Å². The molecule has 144 valence electrons. The summed E-state index contributed by atoms with van der Waals surface area (Å²) in [6.07, 6.45) is 4.03. The van der Waals surface area contributed by atoms with Crippen LogP contribution in [0.25, 0.3) is 0 Å². The second-order valence-corrected chi connectivity index (χ2v) is 7.67. The number of aromatic amines is 1. The molecule has 7 nitrogen and oxygen atoms in total. The molecular formula is C19H30N4O3. The van der Waals surface area contributed by atoms with Crippen molar-refractivity contribution in [3.8, 4) is 0 Å². The van der Waals surface area contributed by atoms with Crippen LogP contribution in [0.1, 0.15) is 49.7 Å². The van der Waals surface area contributed by atoms with Crippen molar-refractivity contribution in [1.82, 2.24) is 20.6 Å². The van der Waals surface area contributed by atoms with E-state index in [4.69, 9.17) is 0 Å². The summed E-state index contributed by atoms with van der Waals surface area (Å²) >= 11 is 0. The van der Waals surface area contributed by atoms with E-state index >= 15 is 0 Å². The smallest absolute Gasteiger partial charge is 0.254 e. The zero-order chi connectivity index (χ0) is 18.7. The quantitative estimate of drug-likeness (QED) is 0.587. The van der Waals surface area contributed by atoms with Crippen molar-refractivity contribution >= 4 is 5.91 Å². The molecule has 26 heavy (non-hydrogen) atoms. The first-order chi connectivity index (χ1) is 12.5. The van der Waals surface area contributed by atoms with Crippen LogP contribution in [0.15, 0.2) is 4.79 Å². The third kappa shape index (κ3) is 4.32. The maximum Gasteiger partial charge on any atom is 0.254 e. The van der Waals surface area contributed by atoms with Gasteiger partial charge in [-0.15, -0.1) is 0 Å². The highest BCUT2D eigenvalue weighted by Crippen LogP contribution is 2.35. The van der Waals surface area contributed by atoms with E-state index in [1.807, 2.05) is 6.92 Å². The van der Waals surface area contributed by atoms with Crippen LogP contribution < -0.4 is 16.2 Å². The Morgan fingerprint density at radius 2 is 2.00 bits per heavy atom. The van der Waals surface area contributed by atoms with E-state index in [-0.39, 0.29) is 30.0 Å². The fourth-order valence-corrected chi connectivity index (χ4v) is 4.19. The van der Waals surface area contributed by atoms with Gasteiger partial charge in [0, 0.05) is 23.7 Å². The molecule has 1 aromatic rings. The number of nitrogens with one attached hydrogen (secondary N) is 3. The lowest BCUT2D eigenvalue weighted by molar-refractivity contribution is -0.123. The molecule has 2 aliphatic rings. The Labute approximate surface area is 154 Å². The van der Waals surface area contributed by atoms with Gasteiger partial charge >= 0.3 is 0 Å². The van der Waals surface area contributed by atoms with Gasteiger partial charge < -0.3 is 20.7 Å². The van der Waals surface area contributed by atoms with Crippen molar-refractivity contribution in [2.24, 2.45) is 11.8 Å². The predicted molar refractivity (Wildman–Crippen MR) is 98.9 cm³/mol. The number of aliphatic hydroxyl groups excluding tert-OH is 1. The van der Waals surface area contributed by atoms with Crippen LogP contribution in [-0.2, 0) is 17.6 Å². The highest BCUT2D eigenvalue weighted by molar-refractivity contribution is 5.79. The van der Waals surface area contributed by atoms with E-state index in [1.54, 1.807) is 6.92 Å². The zero-order valence-electron chi connectivity index (χ0n) is 15.7. The van der Waals surface area contributed by atoms with Crippen molar-refractivity contribution in [2.75, 3.05) is 13.1 Å². The summed E-state index contributed by atoms with van der Waals surface area (Å²) < 4.78 is 0. The lowest BCUT2D eigenvalue weighted by Crippen LogP contribution is -2.53. The van der Waals surface area contributed by atoms with Crippen molar-refractivity contribution in [3.05, 3.63) is 27.4 Å². The number of piperidine rings is 1. The summed E-state index contributed by atoms with van der Waals surface area (Å²) in [7, 11) is 0. The summed E-state index contributed by atoms with van der Waals surface area (Å²) in [4.78, 5) is 32.1. The molecule has 1 saturated heterocycles. The normalized spacial score (nSPS) is 24.7. The molecule has 1 atom stereocenters. The number of nitrogens with zero attached hydrogens (tertiary/aromatic N) is 1. The molecule has 1 aliphatic carbocycles. The van der Waals surface area contributed by atoms with E-state index < -0.39 is 0 Å². The second-order valence-electron chi connectivity index (χ2n) is 7.67. The lowest BCUT2D eigenvalue weighted by Gasteiger charge is -2.43. The Morgan fingerprint density at radius 3 is 2.58 bits per heavy atom. The van der Waals surface area contributed by atoms with Crippen molar-refractivity contribution in [2.45, 2.75) is 64.5 Å². The highest BCUT2D eigenvalue weighted by Gasteiger charge is 2.39. The minimum Gasteiger partial charge on any atom is -0.393 e. The van der Waals surface area contributed by atoms with Crippen LogP contribution in [0.2, 0.25) is 0 Å². The average molecular weight is 362 g/mol. The van der Waals surface area contributed by atoms with Crippen LogP contribution in [-0.4, -0.2) is 46.2 Å². The first kappa shape index (κ1) is 19.0. The van der Waals surface area contributed by atoms with Gasteiger partial charge in [-0.25, -0.2) is 4.98 Å². The van der Waals surface area contributed by atoms with E-state index in [9.17, 15) is 14.7 Å². The first-order valence-electron chi connectivity index (χ1n) is 9.74. The molecule has 4 N–H and O–H groups in total. The average Bonchev–Trinajstić information content (AvgIpc) is 2.61. The van der Waals surface area contributed by atoms with E-state index in [1.165, 1.54) is 0 Å². The van der Waals surface area contributed by atoms with Gasteiger partial charge in [0.05, 0.1) is 12.5 Å². The Hall–Kier alpha value is -1.73. The first-order valence-corrected chi connectivity index (χ1v) is 9.74. The molecule has 1 aliphatic heterocycles. The van der Waals surface area contributed by atoms with Gasteiger partial charge in [-0.3, -0.25) is 9.59 Å². The summed E-state index contributed by atoms with van der Waals surface area (Å²) in [5.74, 6) is 1.27. The second kappa shape index (κ2) is 8.31. The standard InChI is InChI=1S/C19H30N4O3/c1-3-16-21-11(2)15(19(26)22-16)10-17(25)23-18(13-8-14(24)9-13)12-4-6-20-7-5-12/h12-14,18,20,24H,3-10H2,1-2H3,(H,23,25)(H,21,22,26). The largest absolute Gasteiger partial charge is 0.393 e. The number of amides is 1. The third-order valence-electron chi connectivity index (χ3n) is 5.82. The molecule has 0 radical (unpaired) electrons. The zero-order valence-corrected chi connectivity index (χ0v) is 15.7. The van der Waals surface area contributed by atoms with Gasteiger partial charge in [0.15, 0.2) is 0 Å². The Kier molecular flexibility index (Phi) is 6.09. The van der Waals surface area contributed by atoms with Gasteiger partial charge in [0.2, 0.25) is 5.91 Å². The number of aliphatic hydroxyl groups is 1. The third-order valence-corrected chi connectivity index (χ3v) is 5.82. The Morgan fingerprint density at radius 1 is 1.31 bits per heavy atom. The SMILES string of the molecule is CCc1nc(C)c(CC(=O)NC(C2CCNCC2)C2CC(O)C2)c(=O)[nH]1. The van der Waals surface area contributed by atoms with Gasteiger partial charge in [-0.1, -0.05) is 6.92 Å². The van der Waals surface area contributed by atoms with E-state index in [0.717, 1.165) is 38.8 Å². The predicted octanol–water partition coefficient (Wildman–Crippen LogP) is 0.439. The maximum absolute atomic E-state index is 12.7. The van der Waals surface area contributed by atoms with Crippen LogP contribution in [0, 0.1) is 18.8 Å². The minimum absolute atomic E-state index is 0.0505. The molecule has 1 aromatic heterocycles. The molecule has 0 bridgehead atoms. The molecule has 3 rings (SSSR count). The van der Waals surface area contributed by atoms with E-state index in [2.05, 4.69) is 20.6 Å². The Balaban J connectivity index is 1.69. The van der Waals surface area contributed by atoms with Crippen LogP contribution in [0.4, 0.5) is 0 Å².